The van der Waals surface area contributed by atoms with Crippen molar-refractivity contribution in [3.05, 3.63) is 35.4 Å². The van der Waals surface area contributed by atoms with Crippen LogP contribution in [-0.2, 0) is 6.42 Å². The number of amides is 1. The third-order valence-electron chi connectivity index (χ3n) is 2.54. The van der Waals surface area contributed by atoms with Gasteiger partial charge in [-0.25, -0.2) is 0 Å². The molecule has 0 radical (unpaired) electrons. The van der Waals surface area contributed by atoms with Gasteiger partial charge >= 0.3 is 6.18 Å². The van der Waals surface area contributed by atoms with Gasteiger partial charge in [-0.2, -0.15) is 13.2 Å². The van der Waals surface area contributed by atoms with Crippen LogP contribution in [-0.4, -0.2) is 24.7 Å². The second-order valence-electron chi connectivity index (χ2n) is 4.43. The Bertz CT molecular complexity index is 432. The summed E-state index contributed by atoms with van der Waals surface area (Å²) < 4.78 is 36.5. The molecule has 0 aliphatic heterocycles. The van der Waals surface area contributed by atoms with Gasteiger partial charge in [0.2, 0.25) is 0 Å². The first kappa shape index (κ1) is 15.5. The average Bonchev–Trinajstić information content (AvgIpc) is 2.27. The molecule has 1 amide bonds. The maximum Gasteiger partial charge on any atom is 0.391 e. The van der Waals surface area contributed by atoms with E-state index in [1.807, 2.05) is 6.07 Å². The van der Waals surface area contributed by atoms with Gasteiger partial charge in [0.25, 0.3) is 5.91 Å². The summed E-state index contributed by atoms with van der Waals surface area (Å²) in [5, 5.41) is 2.33. The molecule has 1 aromatic carbocycles. The number of halogens is 3. The second-order valence-corrected chi connectivity index (χ2v) is 4.43. The van der Waals surface area contributed by atoms with Gasteiger partial charge in [-0.05, 0) is 37.6 Å². The lowest BCUT2D eigenvalue weighted by Gasteiger charge is -2.16. The number of benzene rings is 1. The molecule has 0 saturated carbocycles. The third kappa shape index (κ3) is 5.74. The van der Waals surface area contributed by atoms with Crippen molar-refractivity contribution in [1.29, 1.82) is 0 Å². The van der Waals surface area contributed by atoms with Crippen molar-refractivity contribution in [3.63, 3.8) is 0 Å². The normalized spacial score (nSPS) is 13.1. The molecule has 0 aliphatic rings. The first-order chi connectivity index (χ1) is 8.81. The molecule has 0 bridgehead atoms. The van der Waals surface area contributed by atoms with Gasteiger partial charge in [-0.15, -0.1) is 0 Å². The van der Waals surface area contributed by atoms with Crippen molar-refractivity contribution in [1.82, 2.24) is 5.32 Å². The van der Waals surface area contributed by atoms with E-state index >= 15 is 0 Å². The molecule has 0 aromatic heterocycles. The van der Waals surface area contributed by atoms with Crippen LogP contribution in [0.2, 0.25) is 0 Å². The van der Waals surface area contributed by atoms with Crippen molar-refractivity contribution < 1.29 is 18.0 Å². The molecule has 0 heterocycles. The fraction of sp³-hybridized carbons (Fsp3) is 0.462. The Morgan fingerprint density at radius 2 is 2.11 bits per heavy atom. The van der Waals surface area contributed by atoms with Crippen molar-refractivity contribution >= 4 is 5.91 Å². The molecule has 6 heteroatoms. The first-order valence-corrected chi connectivity index (χ1v) is 5.98. The van der Waals surface area contributed by atoms with Crippen molar-refractivity contribution in [2.24, 2.45) is 5.73 Å². The molecular weight excluding hydrogens is 257 g/mol. The van der Waals surface area contributed by atoms with E-state index in [9.17, 15) is 18.0 Å². The number of alkyl halides is 3. The minimum absolute atomic E-state index is 0.347. The Kier molecular flexibility index (Phi) is 5.35. The van der Waals surface area contributed by atoms with Gasteiger partial charge in [0.1, 0.15) is 0 Å². The van der Waals surface area contributed by atoms with E-state index in [1.165, 1.54) is 6.92 Å². The fourth-order valence-corrected chi connectivity index (χ4v) is 1.74. The van der Waals surface area contributed by atoms with E-state index in [-0.39, 0.29) is 0 Å². The topological polar surface area (TPSA) is 55.1 Å². The monoisotopic (exact) mass is 274 g/mol. The number of nitrogens with two attached hydrogens (primary N) is 1. The number of hydrogen-bond donors (Lipinski definition) is 2. The highest BCUT2D eigenvalue weighted by Crippen LogP contribution is 2.21. The van der Waals surface area contributed by atoms with Gasteiger partial charge in [-0.3, -0.25) is 4.79 Å². The first-order valence-electron chi connectivity index (χ1n) is 5.98. The number of carbonyl (C=O) groups is 1. The number of rotatable bonds is 5. The molecule has 1 atom stereocenters. The quantitative estimate of drug-likeness (QED) is 0.865. The maximum atomic E-state index is 12.2. The van der Waals surface area contributed by atoms with Crippen LogP contribution in [0.1, 0.15) is 29.3 Å². The smallest absolute Gasteiger partial charge is 0.349 e. The zero-order valence-corrected chi connectivity index (χ0v) is 10.6. The summed E-state index contributed by atoms with van der Waals surface area (Å²) in [5.41, 5.74) is 6.65. The van der Waals surface area contributed by atoms with Crippen LogP contribution in [0.5, 0.6) is 0 Å². The van der Waals surface area contributed by atoms with E-state index in [1.54, 1.807) is 18.2 Å². The molecule has 3 nitrogen and oxygen atoms in total. The van der Waals surface area contributed by atoms with Crippen LogP contribution in [0.3, 0.4) is 0 Å². The Hall–Kier alpha value is -1.56. The maximum absolute atomic E-state index is 12.2. The molecule has 0 saturated heterocycles. The minimum atomic E-state index is -4.28. The van der Waals surface area contributed by atoms with Crippen LogP contribution in [0.15, 0.2) is 24.3 Å². The van der Waals surface area contributed by atoms with Gasteiger partial charge in [0, 0.05) is 11.6 Å². The van der Waals surface area contributed by atoms with E-state index in [0.717, 1.165) is 5.56 Å². The Morgan fingerprint density at radius 3 is 2.68 bits per heavy atom. The van der Waals surface area contributed by atoms with Crippen LogP contribution in [0, 0.1) is 0 Å². The summed E-state index contributed by atoms with van der Waals surface area (Å²) in [6, 6.07) is 5.76. The van der Waals surface area contributed by atoms with Crippen LogP contribution >= 0.6 is 0 Å². The highest BCUT2D eigenvalue weighted by atomic mass is 19.4. The molecule has 0 aliphatic carbocycles. The number of carbonyl (C=O) groups excluding carboxylic acids is 1. The standard InChI is InChI=1S/C13H17F3N2O/c1-9(8-13(14,15)16)18-12(19)11-4-2-3-10(7-11)5-6-17/h2-4,7,9H,5-6,8,17H2,1H3,(H,18,19). The number of nitrogens with one attached hydrogen (secondary N) is 1. The van der Waals surface area contributed by atoms with E-state index < -0.39 is 24.5 Å². The molecule has 3 N–H and O–H groups in total. The van der Waals surface area contributed by atoms with Crippen molar-refractivity contribution in [2.45, 2.75) is 32.0 Å². The Balaban J connectivity index is 2.65. The van der Waals surface area contributed by atoms with Gasteiger partial charge < -0.3 is 11.1 Å². The highest BCUT2D eigenvalue weighted by molar-refractivity contribution is 5.94. The number of hydrogen-bond acceptors (Lipinski definition) is 2. The van der Waals surface area contributed by atoms with E-state index in [0.29, 0.717) is 18.5 Å². The van der Waals surface area contributed by atoms with Gasteiger partial charge in [0.05, 0.1) is 6.42 Å². The largest absolute Gasteiger partial charge is 0.391 e. The summed E-state index contributed by atoms with van der Waals surface area (Å²) in [7, 11) is 0. The SMILES string of the molecule is CC(CC(F)(F)F)NC(=O)c1cccc(CCN)c1. The summed E-state index contributed by atoms with van der Waals surface area (Å²) in [6.07, 6.45) is -4.70. The molecule has 1 aromatic rings. The molecule has 106 valence electrons. The van der Waals surface area contributed by atoms with E-state index in [2.05, 4.69) is 5.32 Å². The van der Waals surface area contributed by atoms with Gasteiger partial charge in [0.15, 0.2) is 0 Å². The van der Waals surface area contributed by atoms with Crippen LogP contribution < -0.4 is 11.1 Å². The minimum Gasteiger partial charge on any atom is -0.349 e. The van der Waals surface area contributed by atoms with E-state index in [4.69, 9.17) is 5.73 Å². The predicted octanol–water partition coefficient (Wildman–Crippen LogP) is 2.26. The average molecular weight is 274 g/mol. The predicted molar refractivity (Wildman–Crippen MR) is 66.8 cm³/mol. The molecule has 0 spiro atoms. The molecule has 1 unspecified atom stereocenters. The lowest BCUT2D eigenvalue weighted by Crippen LogP contribution is -2.35. The third-order valence-corrected chi connectivity index (χ3v) is 2.54. The Morgan fingerprint density at radius 1 is 1.42 bits per heavy atom. The highest BCUT2D eigenvalue weighted by Gasteiger charge is 2.30. The summed E-state index contributed by atoms with van der Waals surface area (Å²) >= 11 is 0. The molecule has 0 fully saturated rings. The lowest BCUT2D eigenvalue weighted by molar-refractivity contribution is -0.138. The molecular formula is C13H17F3N2O. The molecule has 1 rings (SSSR count). The van der Waals surface area contributed by atoms with Gasteiger partial charge in [-0.1, -0.05) is 12.1 Å². The Labute approximate surface area is 110 Å². The van der Waals surface area contributed by atoms with Crippen molar-refractivity contribution in [3.8, 4) is 0 Å². The lowest BCUT2D eigenvalue weighted by atomic mass is 10.1. The zero-order chi connectivity index (χ0) is 14.5. The summed E-state index contributed by atoms with van der Waals surface area (Å²) in [4.78, 5) is 11.8. The molecule has 19 heavy (non-hydrogen) atoms. The fourth-order valence-electron chi connectivity index (χ4n) is 1.74. The zero-order valence-electron chi connectivity index (χ0n) is 10.6. The summed E-state index contributed by atoms with van der Waals surface area (Å²) in [6.45, 7) is 1.78. The summed E-state index contributed by atoms with van der Waals surface area (Å²) in [5.74, 6) is -0.504. The van der Waals surface area contributed by atoms with Crippen LogP contribution in [0.25, 0.3) is 0 Å². The second kappa shape index (κ2) is 6.56. The van der Waals surface area contributed by atoms with Crippen molar-refractivity contribution in [2.75, 3.05) is 6.54 Å². The van der Waals surface area contributed by atoms with Crippen LogP contribution in [0.4, 0.5) is 13.2 Å².